The number of rotatable bonds is 4. The Hall–Kier alpha value is -0.570. The molecule has 0 atom stereocenters. The number of alkyl halides is 1. The van der Waals surface area contributed by atoms with Gasteiger partial charge >= 0.3 is 0 Å². The fourth-order valence-corrected chi connectivity index (χ4v) is 1.37. The summed E-state index contributed by atoms with van der Waals surface area (Å²) in [5.41, 5.74) is 6.66. The van der Waals surface area contributed by atoms with Crippen LogP contribution >= 0.6 is 0 Å². The van der Waals surface area contributed by atoms with Gasteiger partial charge in [0, 0.05) is 19.6 Å². The summed E-state index contributed by atoms with van der Waals surface area (Å²) < 4.78 is 12.4. The Kier molecular flexibility index (Phi) is 3.53. The Morgan fingerprint density at radius 2 is 2.33 bits per heavy atom. The first-order valence-electron chi connectivity index (χ1n) is 4.52. The van der Waals surface area contributed by atoms with E-state index in [2.05, 4.69) is 11.8 Å². The highest BCUT2D eigenvalue weighted by molar-refractivity contribution is 4.99. The average molecular weight is 172 g/mol. The first-order chi connectivity index (χ1) is 5.76. The lowest BCUT2D eigenvalue weighted by atomic mass is 10.1. The maximum Gasteiger partial charge on any atom is 0.125 e. The first kappa shape index (κ1) is 9.52. The van der Waals surface area contributed by atoms with Gasteiger partial charge in [-0.15, -0.1) is 0 Å². The molecule has 2 nitrogen and oxygen atoms in total. The molecule has 0 aromatic heterocycles. The van der Waals surface area contributed by atoms with Crippen LogP contribution in [-0.2, 0) is 0 Å². The van der Waals surface area contributed by atoms with E-state index in [1.165, 1.54) is 5.57 Å². The second-order valence-electron chi connectivity index (χ2n) is 3.29. The number of nitrogens with two attached hydrogens (primary N) is 1. The molecule has 0 radical (unpaired) electrons. The lowest BCUT2D eigenvalue weighted by Gasteiger charge is -2.34. The summed E-state index contributed by atoms with van der Waals surface area (Å²) in [6.45, 7) is 4.27. The number of likely N-dealkylation sites (tertiary alicyclic amines) is 1. The third kappa shape index (κ3) is 2.48. The maximum absolute atomic E-state index is 12.4. The van der Waals surface area contributed by atoms with Crippen molar-refractivity contribution < 1.29 is 4.39 Å². The van der Waals surface area contributed by atoms with Crippen molar-refractivity contribution in [2.45, 2.75) is 25.9 Å². The zero-order valence-electron chi connectivity index (χ0n) is 7.59. The number of hydrogen-bond acceptors (Lipinski definition) is 2. The molecule has 0 aliphatic carbocycles. The number of nitrogens with zero attached hydrogens (tertiary/aromatic N) is 1. The minimum atomic E-state index is -0.586. The van der Waals surface area contributed by atoms with E-state index in [0.717, 1.165) is 19.4 Å². The molecule has 1 rings (SSSR count). The van der Waals surface area contributed by atoms with E-state index in [-0.39, 0.29) is 0 Å². The molecule has 1 saturated heterocycles. The predicted octanol–water partition coefficient (Wildman–Crippen LogP) is 1.28. The predicted molar refractivity (Wildman–Crippen MR) is 48.5 cm³/mol. The number of hydrogen-bond donors (Lipinski definition) is 1. The van der Waals surface area contributed by atoms with Crippen molar-refractivity contribution in [2.24, 2.45) is 5.73 Å². The van der Waals surface area contributed by atoms with Gasteiger partial charge in [0.15, 0.2) is 0 Å². The third-order valence-electron chi connectivity index (χ3n) is 2.35. The van der Waals surface area contributed by atoms with Crippen molar-refractivity contribution in [3.63, 3.8) is 0 Å². The van der Waals surface area contributed by atoms with E-state index in [1.54, 1.807) is 6.20 Å². The summed E-state index contributed by atoms with van der Waals surface area (Å²) in [6.07, 6.45) is 3.08. The first-order valence-corrected chi connectivity index (χ1v) is 4.52. The van der Waals surface area contributed by atoms with Gasteiger partial charge < -0.3 is 5.73 Å². The summed E-state index contributed by atoms with van der Waals surface area (Å²) >= 11 is 0. The molecule has 0 spiro atoms. The Morgan fingerprint density at radius 3 is 2.75 bits per heavy atom. The van der Waals surface area contributed by atoms with E-state index in [0.29, 0.717) is 13.1 Å². The van der Waals surface area contributed by atoms with Crippen LogP contribution in [0.2, 0.25) is 0 Å². The Balaban J connectivity index is 2.09. The Labute approximate surface area is 73.2 Å². The third-order valence-corrected chi connectivity index (χ3v) is 2.35. The molecule has 1 heterocycles. The van der Waals surface area contributed by atoms with Crippen LogP contribution < -0.4 is 5.73 Å². The lowest BCUT2D eigenvalue weighted by Crippen LogP contribution is -2.48. The molecule has 2 N–H and O–H groups in total. The Bertz CT molecular complexity index is 162. The summed E-state index contributed by atoms with van der Waals surface area (Å²) in [4.78, 5) is 2.11. The van der Waals surface area contributed by atoms with E-state index in [4.69, 9.17) is 5.73 Å². The average Bonchev–Trinajstić information content (AvgIpc) is 2.03. The van der Waals surface area contributed by atoms with Crippen molar-refractivity contribution in [3.05, 3.63) is 11.8 Å². The maximum atomic E-state index is 12.4. The van der Waals surface area contributed by atoms with Crippen LogP contribution in [0.5, 0.6) is 0 Å². The topological polar surface area (TPSA) is 29.3 Å². The molecule has 0 saturated carbocycles. The molecule has 12 heavy (non-hydrogen) atoms. The van der Waals surface area contributed by atoms with Crippen molar-refractivity contribution in [1.82, 2.24) is 4.90 Å². The molecule has 0 bridgehead atoms. The van der Waals surface area contributed by atoms with Crippen LogP contribution in [0.25, 0.3) is 0 Å². The SMILES string of the molecule is CC/C(=C\N)CCN1CC(F)C1. The lowest BCUT2D eigenvalue weighted by molar-refractivity contribution is 0.0669. The summed E-state index contributed by atoms with van der Waals surface area (Å²) in [7, 11) is 0. The summed E-state index contributed by atoms with van der Waals surface area (Å²) in [6, 6.07) is 0. The van der Waals surface area contributed by atoms with E-state index < -0.39 is 6.17 Å². The van der Waals surface area contributed by atoms with E-state index >= 15 is 0 Å². The minimum Gasteiger partial charge on any atom is -0.405 e. The highest BCUT2D eigenvalue weighted by Crippen LogP contribution is 2.14. The quantitative estimate of drug-likeness (QED) is 0.692. The molecule has 3 heteroatoms. The molecule has 1 fully saturated rings. The molecule has 70 valence electrons. The zero-order chi connectivity index (χ0) is 8.97. The van der Waals surface area contributed by atoms with Gasteiger partial charge in [-0.05, 0) is 19.0 Å². The van der Waals surface area contributed by atoms with Crippen LogP contribution in [-0.4, -0.2) is 30.7 Å². The fraction of sp³-hybridized carbons (Fsp3) is 0.778. The van der Waals surface area contributed by atoms with Gasteiger partial charge in [0.25, 0.3) is 0 Å². The van der Waals surface area contributed by atoms with Crippen molar-refractivity contribution >= 4 is 0 Å². The van der Waals surface area contributed by atoms with Gasteiger partial charge in [-0.3, -0.25) is 4.90 Å². The van der Waals surface area contributed by atoms with Crippen LogP contribution in [0.4, 0.5) is 4.39 Å². The molecular weight excluding hydrogens is 155 g/mol. The van der Waals surface area contributed by atoms with Gasteiger partial charge in [-0.1, -0.05) is 12.5 Å². The monoisotopic (exact) mass is 172 g/mol. The summed E-state index contributed by atoms with van der Waals surface area (Å²) in [5.74, 6) is 0. The normalized spacial score (nSPS) is 21.0. The van der Waals surface area contributed by atoms with Crippen molar-refractivity contribution in [2.75, 3.05) is 19.6 Å². The summed E-state index contributed by atoms with van der Waals surface area (Å²) in [5, 5.41) is 0. The molecule has 1 aliphatic rings. The second kappa shape index (κ2) is 4.45. The highest BCUT2D eigenvalue weighted by Gasteiger charge is 2.25. The van der Waals surface area contributed by atoms with Gasteiger partial charge in [0.2, 0.25) is 0 Å². The van der Waals surface area contributed by atoms with E-state index in [9.17, 15) is 4.39 Å². The minimum absolute atomic E-state index is 0.586. The van der Waals surface area contributed by atoms with Gasteiger partial charge in [-0.25, -0.2) is 4.39 Å². The van der Waals surface area contributed by atoms with Crippen molar-refractivity contribution in [3.8, 4) is 0 Å². The van der Waals surface area contributed by atoms with Crippen LogP contribution in [0.15, 0.2) is 11.8 Å². The van der Waals surface area contributed by atoms with Crippen molar-refractivity contribution in [1.29, 1.82) is 0 Å². The van der Waals surface area contributed by atoms with Gasteiger partial charge in [-0.2, -0.15) is 0 Å². The standard InChI is InChI=1S/C9H17FN2/c1-2-8(5-11)3-4-12-6-9(10)7-12/h5,9H,2-4,6-7,11H2,1H3/b8-5+. The highest BCUT2D eigenvalue weighted by atomic mass is 19.1. The smallest absolute Gasteiger partial charge is 0.125 e. The largest absolute Gasteiger partial charge is 0.405 e. The Morgan fingerprint density at radius 1 is 1.67 bits per heavy atom. The molecule has 0 amide bonds. The second-order valence-corrected chi connectivity index (χ2v) is 3.29. The van der Waals surface area contributed by atoms with Gasteiger partial charge in [0.1, 0.15) is 6.17 Å². The molecule has 1 aliphatic heterocycles. The molecular formula is C9H17FN2. The van der Waals surface area contributed by atoms with Crippen LogP contribution in [0.3, 0.4) is 0 Å². The molecule has 0 aromatic rings. The zero-order valence-corrected chi connectivity index (χ0v) is 7.59. The van der Waals surface area contributed by atoms with E-state index in [1.807, 2.05) is 0 Å². The van der Waals surface area contributed by atoms with Crippen LogP contribution in [0.1, 0.15) is 19.8 Å². The molecule has 0 aromatic carbocycles. The number of halogens is 1. The van der Waals surface area contributed by atoms with Gasteiger partial charge in [0.05, 0.1) is 0 Å². The molecule has 0 unspecified atom stereocenters. The fourth-order valence-electron chi connectivity index (χ4n) is 1.37. The van der Waals surface area contributed by atoms with Crippen LogP contribution in [0, 0.1) is 0 Å².